The first-order valence-corrected chi connectivity index (χ1v) is 12.8. The van der Waals surface area contributed by atoms with Crippen molar-refractivity contribution in [2.45, 2.75) is 24.3 Å². The van der Waals surface area contributed by atoms with Gasteiger partial charge in [-0.3, -0.25) is 14.3 Å². The first-order chi connectivity index (χ1) is 16.2. The van der Waals surface area contributed by atoms with Gasteiger partial charge in [0.15, 0.2) is 15.5 Å². The van der Waals surface area contributed by atoms with E-state index < -0.39 is 27.7 Å². The molecule has 2 N–H and O–H groups in total. The molecule has 1 aliphatic rings. The van der Waals surface area contributed by atoms with Gasteiger partial charge in [-0.1, -0.05) is 6.07 Å². The van der Waals surface area contributed by atoms with E-state index >= 15 is 0 Å². The molecule has 1 atom stereocenters. The zero-order valence-electron chi connectivity index (χ0n) is 18.1. The minimum Gasteiger partial charge on any atom is -0.342 e. The Bertz CT molecular complexity index is 1560. The van der Waals surface area contributed by atoms with Crippen molar-refractivity contribution >= 4 is 49.7 Å². The molecule has 11 nitrogen and oxygen atoms in total. The summed E-state index contributed by atoms with van der Waals surface area (Å²) in [5.74, 6) is -0.734. The largest absolute Gasteiger partial charge is 0.342 e. The Labute approximate surface area is 198 Å². The highest BCUT2D eigenvalue weighted by atomic mass is 32.2. The van der Waals surface area contributed by atoms with Crippen LogP contribution in [0.3, 0.4) is 0 Å². The lowest BCUT2D eigenvalue weighted by molar-refractivity contribution is 0.0935. The highest BCUT2D eigenvalue weighted by Crippen LogP contribution is 2.29. The predicted octanol–water partition coefficient (Wildman–Crippen LogP) is 1.89. The van der Waals surface area contributed by atoms with E-state index in [0.717, 1.165) is 16.9 Å². The fraction of sp³-hybridized carbons (Fsp3) is 0.238. The van der Waals surface area contributed by atoms with Crippen molar-refractivity contribution in [1.82, 2.24) is 30.0 Å². The maximum absolute atomic E-state index is 12.8. The van der Waals surface area contributed by atoms with Crippen LogP contribution in [0.1, 0.15) is 43.7 Å². The van der Waals surface area contributed by atoms with E-state index in [1.54, 1.807) is 30.8 Å². The summed E-state index contributed by atoms with van der Waals surface area (Å²) in [4.78, 5) is 38.6. The maximum atomic E-state index is 12.8. The molecule has 3 aromatic heterocycles. The van der Waals surface area contributed by atoms with Gasteiger partial charge in [-0.15, -0.1) is 11.3 Å². The molecule has 1 unspecified atom stereocenters. The van der Waals surface area contributed by atoms with Crippen LogP contribution < -0.4 is 10.6 Å². The van der Waals surface area contributed by atoms with Gasteiger partial charge < -0.3 is 10.6 Å². The number of rotatable bonds is 5. The Morgan fingerprint density at radius 3 is 2.79 bits per heavy atom. The van der Waals surface area contributed by atoms with E-state index in [-0.39, 0.29) is 16.3 Å². The Morgan fingerprint density at radius 1 is 1.15 bits per heavy atom. The number of hydrogen-bond acceptors (Lipinski definition) is 9. The quantitative estimate of drug-likeness (QED) is 0.425. The van der Waals surface area contributed by atoms with Crippen molar-refractivity contribution in [2.75, 3.05) is 11.1 Å². The summed E-state index contributed by atoms with van der Waals surface area (Å²) in [5, 5.41) is 10.7. The van der Waals surface area contributed by atoms with E-state index in [9.17, 15) is 18.0 Å². The Balaban J connectivity index is 1.29. The van der Waals surface area contributed by atoms with Gasteiger partial charge in [-0.25, -0.2) is 23.4 Å². The summed E-state index contributed by atoms with van der Waals surface area (Å²) in [7, 11) is -1.57. The molecule has 4 heterocycles. The third kappa shape index (κ3) is 3.92. The van der Waals surface area contributed by atoms with Crippen LogP contribution in [0.15, 0.2) is 41.8 Å². The number of nitrogens with one attached hydrogen (secondary N) is 2. The SMILES string of the molecule is CC(NC(=O)c1ncnc2c1cnn2C)c1ncc(C(=O)Nc2ccc3c(c2)S(=O)(=O)CC3)s1. The molecule has 13 heteroatoms. The number of carbonyl (C=O) groups excluding carboxylic acids is 2. The average Bonchev–Trinajstić information content (AvgIpc) is 3.52. The van der Waals surface area contributed by atoms with Gasteiger partial charge in [0.25, 0.3) is 11.8 Å². The first kappa shape index (κ1) is 22.1. The predicted molar refractivity (Wildman–Crippen MR) is 124 cm³/mol. The molecule has 0 bridgehead atoms. The number of fused-ring (bicyclic) bond motifs is 2. The van der Waals surface area contributed by atoms with Crippen LogP contribution in [0, 0.1) is 0 Å². The smallest absolute Gasteiger partial charge is 0.271 e. The van der Waals surface area contributed by atoms with E-state index in [4.69, 9.17) is 0 Å². The van der Waals surface area contributed by atoms with Crippen LogP contribution in [-0.4, -0.2) is 50.7 Å². The lowest BCUT2D eigenvalue weighted by Gasteiger charge is -2.11. The van der Waals surface area contributed by atoms with Crippen molar-refractivity contribution in [3.05, 3.63) is 58.1 Å². The maximum Gasteiger partial charge on any atom is 0.271 e. The number of amides is 2. The number of aryl methyl sites for hydroxylation is 2. The fourth-order valence-corrected chi connectivity index (χ4v) is 6.14. The summed E-state index contributed by atoms with van der Waals surface area (Å²) >= 11 is 1.13. The fourth-order valence-electron chi connectivity index (χ4n) is 3.74. The van der Waals surface area contributed by atoms with Crippen molar-refractivity contribution < 1.29 is 18.0 Å². The van der Waals surface area contributed by atoms with Crippen LogP contribution in [0.5, 0.6) is 0 Å². The van der Waals surface area contributed by atoms with Gasteiger partial charge in [-0.2, -0.15) is 5.10 Å². The molecule has 0 radical (unpaired) electrons. The minimum absolute atomic E-state index is 0.0862. The van der Waals surface area contributed by atoms with Crippen molar-refractivity contribution in [1.29, 1.82) is 0 Å². The molecular weight excluding hydrogens is 478 g/mol. The molecular formula is C21H19N7O4S2. The van der Waals surface area contributed by atoms with Crippen molar-refractivity contribution in [3.8, 4) is 0 Å². The number of aromatic nitrogens is 5. The standard InChI is InChI=1S/C21H19N7O4S2/c1-11(26-20(30)17-14-8-25-28(2)18(14)24-10-23-17)21-22-9-15(33-21)19(29)27-13-4-3-12-5-6-34(31,32)16(12)7-13/h3-4,7-11H,5-6H2,1-2H3,(H,26,30)(H,27,29). The van der Waals surface area contributed by atoms with Gasteiger partial charge in [0.2, 0.25) is 0 Å². The van der Waals surface area contributed by atoms with Crippen LogP contribution in [0.25, 0.3) is 11.0 Å². The van der Waals surface area contributed by atoms with E-state index in [1.165, 1.54) is 24.8 Å². The number of anilines is 1. The number of carbonyl (C=O) groups is 2. The van der Waals surface area contributed by atoms with Crippen LogP contribution in [0.4, 0.5) is 5.69 Å². The zero-order chi connectivity index (χ0) is 24.0. The highest BCUT2D eigenvalue weighted by Gasteiger charge is 2.27. The van der Waals surface area contributed by atoms with Gasteiger partial charge in [0, 0.05) is 12.7 Å². The lowest BCUT2D eigenvalue weighted by atomic mass is 10.1. The normalized spacial score (nSPS) is 15.1. The first-order valence-electron chi connectivity index (χ1n) is 10.3. The number of benzene rings is 1. The van der Waals surface area contributed by atoms with Gasteiger partial charge in [-0.05, 0) is 31.0 Å². The Hall–Kier alpha value is -3.71. The molecule has 1 aliphatic heterocycles. The third-order valence-corrected chi connectivity index (χ3v) is 8.48. The molecule has 0 aliphatic carbocycles. The van der Waals surface area contributed by atoms with Crippen molar-refractivity contribution in [3.63, 3.8) is 0 Å². The summed E-state index contributed by atoms with van der Waals surface area (Å²) in [5.41, 5.74) is 1.90. The summed E-state index contributed by atoms with van der Waals surface area (Å²) in [6, 6.07) is 4.41. The van der Waals surface area contributed by atoms with Crippen LogP contribution in [0.2, 0.25) is 0 Å². The summed E-state index contributed by atoms with van der Waals surface area (Å²) in [6.07, 6.45) is 4.74. The van der Waals surface area contributed by atoms with Crippen LogP contribution >= 0.6 is 11.3 Å². The van der Waals surface area contributed by atoms with Crippen LogP contribution in [-0.2, 0) is 23.3 Å². The molecule has 174 valence electrons. The summed E-state index contributed by atoms with van der Waals surface area (Å²) < 4.78 is 25.8. The van der Waals surface area contributed by atoms with Gasteiger partial charge in [0.1, 0.15) is 21.9 Å². The third-order valence-electron chi connectivity index (χ3n) is 5.51. The molecule has 0 spiro atoms. The van der Waals surface area contributed by atoms with E-state index in [2.05, 4.69) is 30.7 Å². The monoisotopic (exact) mass is 497 g/mol. The molecule has 1 aromatic carbocycles. The minimum atomic E-state index is -3.30. The Kier molecular flexibility index (Phi) is 5.37. The second-order valence-corrected chi connectivity index (χ2v) is 11.0. The topological polar surface area (TPSA) is 149 Å². The van der Waals surface area contributed by atoms with E-state index in [1.807, 2.05) is 0 Å². The van der Waals surface area contributed by atoms with Gasteiger partial charge in [0.05, 0.1) is 34.5 Å². The molecule has 34 heavy (non-hydrogen) atoms. The number of hydrogen-bond donors (Lipinski definition) is 2. The second-order valence-electron chi connectivity index (χ2n) is 7.83. The number of thiazole rings is 1. The molecule has 2 amide bonds. The van der Waals surface area contributed by atoms with Crippen molar-refractivity contribution in [2.24, 2.45) is 7.05 Å². The average molecular weight is 498 g/mol. The Morgan fingerprint density at radius 2 is 1.97 bits per heavy atom. The van der Waals surface area contributed by atoms with Gasteiger partial charge >= 0.3 is 0 Å². The lowest BCUT2D eigenvalue weighted by Crippen LogP contribution is -2.27. The molecule has 5 rings (SSSR count). The highest BCUT2D eigenvalue weighted by molar-refractivity contribution is 7.91. The second kappa shape index (κ2) is 8.25. The molecule has 0 fully saturated rings. The number of sulfone groups is 1. The molecule has 4 aromatic rings. The zero-order valence-corrected chi connectivity index (χ0v) is 19.8. The summed E-state index contributed by atoms with van der Waals surface area (Å²) in [6.45, 7) is 1.76. The van der Waals surface area contributed by atoms with E-state index in [0.29, 0.717) is 33.0 Å². The molecule has 0 saturated heterocycles. The number of nitrogens with zero attached hydrogens (tertiary/aromatic N) is 5. The molecule has 0 saturated carbocycles.